The Hall–Kier alpha value is -2.28. The molecule has 0 unspecified atom stereocenters. The lowest BCUT2D eigenvalue weighted by molar-refractivity contribution is -0.125. The van der Waals surface area contributed by atoms with Crippen LogP contribution in [0.1, 0.15) is 45.7 Å². The lowest BCUT2D eigenvalue weighted by Crippen LogP contribution is -2.42. The van der Waals surface area contributed by atoms with Crippen LogP contribution in [0.3, 0.4) is 0 Å². The second-order valence-electron chi connectivity index (χ2n) is 8.41. The van der Waals surface area contributed by atoms with E-state index in [1.54, 1.807) is 0 Å². The molecule has 0 amide bonds. The minimum absolute atomic E-state index is 0.155. The van der Waals surface area contributed by atoms with Crippen LogP contribution in [-0.4, -0.2) is 39.9 Å². The molecule has 2 aromatic rings. The molecule has 154 valence electrons. The van der Waals surface area contributed by atoms with Crippen molar-refractivity contribution >= 4 is 29.2 Å². The van der Waals surface area contributed by atoms with E-state index in [0.717, 1.165) is 24.4 Å². The number of nitrogens with one attached hydrogen (secondary N) is 1. The number of fused-ring (bicyclic) bond motifs is 2. The van der Waals surface area contributed by atoms with Gasteiger partial charge in [0.2, 0.25) is 11.1 Å². The Morgan fingerprint density at radius 2 is 1.93 bits per heavy atom. The molecule has 6 nitrogen and oxygen atoms in total. The second kappa shape index (κ2) is 7.52. The normalized spacial score (nSPS) is 22.4. The summed E-state index contributed by atoms with van der Waals surface area (Å²) in [6, 6.07) is 8.39. The summed E-state index contributed by atoms with van der Waals surface area (Å²) in [5, 5.41) is 8.80. The van der Waals surface area contributed by atoms with Gasteiger partial charge in [-0.25, -0.2) is 4.68 Å². The molecule has 0 spiro atoms. The maximum atomic E-state index is 13.2. The van der Waals surface area contributed by atoms with E-state index < -0.39 is 0 Å². The first-order chi connectivity index (χ1) is 13.9. The number of carbonyl (C=O) groups is 1. The van der Waals surface area contributed by atoms with E-state index in [-0.39, 0.29) is 23.2 Å². The molecule has 1 N–H and O–H groups in total. The number of aromatic nitrogens is 3. The van der Waals surface area contributed by atoms with Crippen LogP contribution in [0, 0.1) is 11.3 Å². The number of carbonyl (C=O) groups excluding carboxylic acids is 1. The average molecular weight is 412 g/mol. The van der Waals surface area contributed by atoms with E-state index in [0.29, 0.717) is 17.5 Å². The molecule has 1 aromatic carbocycles. The number of hydrogen-bond donors (Lipinski definition) is 1. The molecule has 2 heterocycles. The fourth-order valence-corrected chi connectivity index (χ4v) is 4.85. The molecule has 29 heavy (non-hydrogen) atoms. The minimum atomic E-state index is -0.258. The van der Waals surface area contributed by atoms with Gasteiger partial charge in [-0.05, 0) is 43.2 Å². The van der Waals surface area contributed by atoms with Crippen molar-refractivity contribution in [1.82, 2.24) is 14.8 Å². The van der Waals surface area contributed by atoms with Gasteiger partial charge in [-0.2, -0.15) is 4.98 Å². The van der Waals surface area contributed by atoms with Gasteiger partial charge in [0.15, 0.2) is 0 Å². The van der Waals surface area contributed by atoms with Crippen LogP contribution in [-0.2, 0) is 4.79 Å². The van der Waals surface area contributed by atoms with Crippen LogP contribution in [0.2, 0.25) is 0 Å². The number of benzene rings is 1. The van der Waals surface area contributed by atoms with E-state index in [1.807, 2.05) is 10.9 Å². The van der Waals surface area contributed by atoms with Crippen LogP contribution in [0.4, 0.5) is 11.6 Å². The summed E-state index contributed by atoms with van der Waals surface area (Å²) in [6.07, 6.45) is 4.71. The predicted molar refractivity (Wildman–Crippen MR) is 119 cm³/mol. The van der Waals surface area contributed by atoms with Gasteiger partial charge in [-0.15, -0.1) is 5.10 Å². The molecule has 2 atom stereocenters. The number of allylic oxidation sites excluding steroid dienone is 2. The van der Waals surface area contributed by atoms with Crippen molar-refractivity contribution in [3.05, 3.63) is 41.6 Å². The third-order valence-corrected chi connectivity index (χ3v) is 6.39. The fourth-order valence-electron chi connectivity index (χ4n) is 4.50. The summed E-state index contributed by atoms with van der Waals surface area (Å²) in [5.41, 5.74) is 3.09. The summed E-state index contributed by atoms with van der Waals surface area (Å²) >= 11 is 1.51. The van der Waals surface area contributed by atoms with Crippen molar-refractivity contribution in [2.24, 2.45) is 11.3 Å². The molecule has 0 radical (unpaired) electrons. The zero-order chi connectivity index (χ0) is 20.8. The van der Waals surface area contributed by atoms with Crippen molar-refractivity contribution in [2.75, 3.05) is 29.6 Å². The molecule has 1 aliphatic carbocycles. The number of Topliss-reactive ketones (excluding diaryl/α,β-unsaturated/α-hetero) is 1. The first-order valence-electron chi connectivity index (χ1n) is 10.2. The first kappa shape index (κ1) is 20.0. The molecular weight excluding hydrogens is 382 g/mol. The zero-order valence-corrected chi connectivity index (χ0v) is 18.6. The second-order valence-corrected chi connectivity index (χ2v) is 9.18. The Kier molecular flexibility index (Phi) is 5.19. The van der Waals surface area contributed by atoms with Crippen molar-refractivity contribution in [3.8, 4) is 0 Å². The van der Waals surface area contributed by atoms with Gasteiger partial charge in [0, 0.05) is 30.9 Å². The summed E-state index contributed by atoms with van der Waals surface area (Å²) in [7, 11) is 0. The Morgan fingerprint density at radius 1 is 1.24 bits per heavy atom. The smallest absolute Gasteiger partial charge is 0.227 e. The predicted octanol–water partition coefficient (Wildman–Crippen LogP) is 4.36. The molecule has 0 bridgehead atoms. The summed E-state index contributed by atoms with van der Waals surface area (Å²) in [5.74, 6) is 0.705. The maximum absolute atomic E-state index is 13.2. The third kappa shape index (κ3) is 3.56. The van der Waals surface area contributed by atoms with Crippen molar-refractivity contribution in [2.45, 2.75) is 45.3 Å². The Labute approximate surface area is 176 Å². The number of anilines is 2. The van der Waals surface area contributed by atoms with Crippen molar-refractivity contribution < 1.29 is 4.79 Å². The molecule has 1 aliphatic heterocycles. The van der Waals surface area contributed by atoms with E-state index >= 15 is 0 Å². The molecule has 0 saturated carbocycles. The lowest BCUT2D eigenvalue weighted by atomic mass is 9.72. The highest BCUT2D eigenvalue weighted by Crippen LogP contribution is 2.45. The van der Waals surface area contributed by atoms with Gasteiger partial charge in [-0.3, -0.25) is 4.79 Å². The maximum Gasteiger partial charge on any atom is 0.227 e. The minimum Gasteiger partial charge on any atom is -0.372 e. The van der Waals surface area contributed by atoms with Gasteiger partial charge in [0.05, 0.1) is 12.0 Å². The van der Waals surface area contributed by atoms with Crippen LogP contribution < -0.4 is 10.2 Å². The highest BCUT2D eigenvalue weighted by molar-refractivity contribution is 7.98. The molecule has 2 aliphatic rings. The number of nitrogens with zero attached hydrogens (tertiary/aromatic N) is 4. The number of hydrogen-bond acceptors (Lipinski definition) is 6. The SMILES string of the molecule is CCN(CC)c1ccc([C@H]2[C@@H]3C(=O)CC(C)(C)C=C3Nc3nc(SC)nn32)cc1. The highest BCUT2D eigenvalue weighted by Gasteiger charge is 2.45. The highest BCUT2D eigenvalue weighted by atomic mass is 32.2. The van der Waals surface area contributed by atoms with Gasteiger partial charge < -0.3 is 10.2 Å². The van der Waals surface area contributed by atoms with Crippen LogP contribution >= 0.6 is 11.8 Å². The molecule has 0 saturated heterocycles. The Morgan fingerprint density at radius 3 is 2.55 bits per heavy atom. The molecule has 4 rings (SSSR count). The largest absolute Gasteiger partial charge is 0.372 e. The quantitative estimate of drug-likeness (QED) is 0.738. The van der Waals surface area contributed by atoms with Crippen molar-refractivity contribution in [3.63, 3.8) is 0 Å². The van der Waals surface area contributed by atoms with E-state index in [2.05, 4.69) is 73.2 Å². The standard InChI is InChI=1S/C22H29N5OS/c1-6-26(7-2)15-10-8-14(9-11-15)19-18-16(12-22(3,4)13-17(18)28)23-20-24-21(29-5)25-27(19)20/h8-12,18-19H,6-7,13H2,1-5H3,(H,23,24,25)/t18-,19-/m0/s1. The van der Waals surface area contributed by atoms with E-state index in [1.165, 1.54) is 17.4 Å². The zero-order valence-electron chi connectivity index (χ0n) is 17.8. The molecule has 1 aromatic heterocycles. The number of thioether (sulfide) groups is 1. The monoisotopic (exact) mass is 411 g/mol. The topological polar surface area (TPSA) is 63.1 Å². The summed E-state index contributed by atoms with van der Waals surface area (Å²) in [6.45, 7) is 10.5. The number of ketones is 1. The Bertz CT molecular complexity index is 943. The molecule has 7 heteroatoms. The van der Waals surface area contributed by atoms with Crippen molar-refractivity contribution in [1.29, 1.82) is 0 Å². The van der Waals surface area contributed by atoms with E-state index in [9.17, 15) is 4.79 Å². The Balaban J connectivity index is 1.81. The van der Waals surface area contributed by atoms with E-state index in [4.69, 9.17) is 5.10 Å². The van der Waals surface area contributed by atoms with Gasteiger partial charge in [-0.1, -0.05) is 43.8 Å². The first-order valence-corrected chi connectivity index (χ1v) is 11.5. The van der Waals surface area contributed by atoms with Crippen LogP contribution in [0.15, 0.2) is 41.2 Å². The van der Waals surface area contributed by atoms with Crippen LogP contribution in [0.5, 0.6) is 0 Å². The van der Waals surface area contributed by atoms with Gasteiger partial charge in [0.1, 0.15) is 5.78 Å². The summed E-state index contributed by atoms with van der Waals surface area (Å²) in [4.78, 5) is 20.2. The number of rotatable bonds is 5. The molecular formula is C22H29N5OS. The average Bonchev–Trinajstić information content (AvgIpc) is 3.10. The summed E-state index contributed by atoms with van der Waals surface area (Å²) < 4.78 is 1.90. The molecule has 0 fully saturated rings. The fraction of sp³-hybridized carbons (Fsp3) is 0.500. The van der Waals surface area contributed by atoms with Gasteiger partial charge in [0.25, 0.3) is 0 Å². The lowest BCUT2D eigenvalue weighted by Gasteiger charge is -2.40. The van der Waals surface area contributed by atoms with Crippen LogP contribution in [0.25, 0.3) is 0 Å². The van der Waals surface area contributed by atoms with Gasteiger partial charge >= 0.3 is 0 Å². The third-order valence-electron chi connectivity index (χ3n) is 5.85.